The monoisotopic (exact) mass is 510 g/mol. The third kappa shape index (κ3) is 5.72. The molecule has 3 aromatic rings. The molecule has 0 bridgehead atoms. The van der Waals surface area contributed by atoms with Gasteiger partial charge in [0, 0.05) is 23.6 Å². The number of methoxy groups -OCH3 is 1. The van der Waals surface area contributed by atoms with Crippen LogP contribution < -0.4 is 9.46 Å². The van der Waals surface area contributed by atoms with Crippen molar-refractivity contribution in [2.75, 3.05) is 11.8 Å². The lowest BCUT2D eigenvalue weighted by Crippen LogP contribution is -2.27. The van der Waals surface area contributed by atoms with Crippen molar-refractivity contribution < 1.29 is 36.6 Å². The fraction of sp³-hybridized carbons (Fsp3) is 0.333. The van der Waals surface area contributed by atoms with Crippen LogP contribution in [-0.2, 0) is 0 Å². The molecule has 1 aliphatic rings. The molecule has 1 saturated carbocycles. The number of benzene rings is 2. The van der Waals surface area contributed by atoms with Crippen molar-refractivity contribution in [1.82, 2.24) is 4.98 Å². The van der Waals surface area contributed by atoms with Gasteiger partial charge in [-0.2, -0.15) is 13.2 Å². The van der Waals surface area contributed by atoms with Gasteiger partial charge in [0.05, 0.1) is 24.3 Å². The van der Waals surface area contributed by atoms with Crippen LogP contribution in [0.3, 0.4) is 0 Å². The number of aromatic nitrogens is 1. The third-order valence-electron chi connectivity index (χ3n) is 6.09. The first-order chi connectivity index (χ1) is 16.7. The zero-order valence-corrected chi connectivity index (χ0v) is 19.4. The summed E-state index contributed by atoms with van der Waals surface area (Å²) >= 11 is 1.03. The van der Waals surface area contributed by atoms with Crippen LogP contribution in [0.15, 0.2) is 52.1 Å². The van der Waals surface area contributed by atoms with Gasteiger partial charge in [0.15, 0.2) is 5.03 Å². The van der Waals surface area contributed by atoms with Crippen LogP contribution in [0.2, 0.25) is 0 Å². The van der Waals surface area contributed by atoms with Gasteiger partial charge in [-0.1, -0.05) is 12.1 Å². The maximum atomic E-state index is 14.0. The van der Waals surface area contributed by atoms with E-state index in [1.807, 2.05) is 24.3 Å². The molecule has 1 fully saturated rings. The Hall–Kier alpha value is -3.21. The van der Waals surface area contributed by atoms with Gasteiger partial charge in [-0.05, 0) is 55.4 Å². The topological polar surface area (TPSA) is 84.6 Å². The van der Waals surface area contributed by atoms with Gasteiger partial charge in [0.25, 0.3) is 0 Å². The lowest BCUT2D eigenvalue weighted by Gasteiger charge is -2.30. The Morgan fingerprint density at radius 1 is 1.17 bits per heavy atom. The average Bonchev–Trinajstić information content (AvgIpc) is 3.31. The van der Waals surface area contributed by atoms with E-state index in [9.17, 15) is 22.4 Å². The summed E-state index contributed by atoms with van der Waals surface area (Å²) in [6, 6.07) is 9.54. The quantitative estimate of drug-likeness (QED) is 0.258. The highest BCUT2D eigenvalue weighted by molar-refractivity contribution is 8.00. The molecule has 11 heteroatoms. The molecule has 0 amide bonds. The van der Waals surface area contributed by atoms with E-state index >= 15 is 0 Å². The molecule has 0 atom stereocenters. The number of alkyl halides is 3. The van der Waals surface area contributed by atoms with Crippen LogP contribution >= 0.6 is 11.9 Å². The Morgan fingerprint density at radius 2 is 1.86 bits per heavy atom. The smallest absolute Gasteiger partial charge is 0.391 e. The number of ether oxygens (including phenoxy) is 1. The molecule has 186 valence electrons. The summed E-state index contributed by atoms with van der Waals surface area (Å²) < 4.78 is 66.3. The molecule has 2 aromatic carbocycles. The molecule has 0 saturated heterocycles. The first-order valence-corrected chi connectivity index (χ1v) is 11.6. The minimum atomic E-state index is -4.12. The van der Waals surface area contributed by atoms with Crippen molar-refractivity contribution >= 4 is 23.6 Å². The fourth-order valence-corrected chi connectivity index (χ4v) is 4.76. The molecule has 6 nitrogen and oxygen atoms in total. The van der Waals surface area contributed by atoms with Crippen molar-refractivity contribution in [3.8, 4) is 17.2 Å². The number of nitrogens with one attached hydrogen (secondary N) is 1. The Kier molecular flexibility index (Phi) is 7.25. The zero-order chi connectivity index (χ0) is 25.2. The van der Waals surface area contributed by atoms with Gasteiger partial charge >= 0.3 is 12.1 Å². The number of aromatic carboxylic acids is 1. The molecule has 2 N–H and O–H groups in total. The van der Waals surface area contributed by atoms with E-state index in [-0.39, 0.29) is 30.2 Å². The summed E-state index contributed by atoms with van der Waals surface area (Å²) in [7, 11) is 1.34. The van der Waals surface area contributed by atoms with Gasteiger partial charge in [-0.15, -0.1) is 0 Å². The predicted molar refractivity (Wildman–Crippen MR) is 122 cm³/mol. The number of halogens is 4. The second-order valence-electron chi connectivity index (χ2n) is 8.24. The van der Waals surface area contributed by atoms with E-state index < -0.39 is 29.4 Å². The summed E-state index contributed by atoms with van der Waals surface area (Å²) in [4.78, 5) is 15.5. The van der Waals surface area contributed by atoms with Gasteiger partial charge in [0.2, 0.25) is 5.89 Å². The molecular formula is C24H22F4N2O4S. The van der Waals surface area contributed by atoms with E-state index in [0.717, 1.165) is 29.6 Å². The van der Waals surface area contributed by atoms with E-state index in [0.29, 0.717) is 29.3 Å². The van der Waals surface area contributed by atoms with Crippen molar-refractivity contribution in [1.29, 1.82) is 0 Å². The van der Waals surface area contributed by atoms with Gasteiger partial charge in [-0.25, -0.2) is 14.2 Å². The van der Waals surface area contributed by atoms with Gasteiger partial charge in [-0.3, -0.25) is 0 Å². The number of hydrogen-bond acceptors (Lipinski definition) is 6. The summed E-state index contributed by atoms with van der Waals surface area (Å²) in [6.07, 6.45) is -1.40. The molecule has 1 aromatic heterocycles. The fourth-order valence-electron chi connectivity index (χ4n) is 4.16. The molecule has 0 radical (unpaired) electrons. The normalized spacial score (nSPS) is 18.3. The van der Waals surface area contributed by atoms with E-state index in [2.05, 4.69) is 9.71 Å². The lowest BCUT2D eigenvalue weighted by molar-refractivity contribution is -0.182. The third-order valence-corrected chi connectivity index (χ3v) is 6.81. The summed E-state index contributed by atoms with van der Waals surface area (Å²) in [5, 5.41) is 9.49. The van der Waals surface area contributed by atoms with Crippen LogP contribution in [0, 0.1) is 11.7 Å². The van der Waals surface area contributed by atoms with Crippen molar-refractivity contribution in [2.45, 2.75) is 42.8 Å². The number of rotatable bonds is 7. The van der Waals surface area contributed by atoms with Gasteiger partial charge < -0.3 is 19.0 Å². The molecular weight excluding hydrogens is 488 g/mol. The first-order valence-electron chi connectivity index (χ1n) is 10.8. The number of oxazole rings is 1. The van der Waals surface area contributed by atoms with Crippen molar-refractivity contribution in [2.24, 2.45) is 5.92 Å². The highest BCUT2D eigenvalue weighted by atomic mass is 32.2. The highest BCUT2D eigenvalue weighted by Gasteiger charge is 2.41. The molecule has 0 unspecified atom stereocenters. The first kappa shape index (κ1) is 24.9. The minimum absolute atomic E-state index is 0.102. The SMILES string of the molecule is COc1cc(C(=O)O)c(F)cc1NSc1coc(-c2ccc([C@H]3CC[C@H](C(F)(F)F)CC3)cc2)n1. The van der Waals surface area contributed by atoms with Crippen LogP contribution in [-0.4, -0.2) is 29.3 Å². The van der Waals surface area contributed by atoms with Crippen LogP contribution in [0.4, 0.5) is 23.2 Å². The second-order valence-corrected chi connectivity index (χ2v) is 9.07. The summed E-state index contributed by atoms with van der Waals surface area (Å²) in [5.74, 6) is -2.91. The van der Waals surface area contributed by atoms with Crippen LogP contribution in [0.1, 0.15) is 47.5 Å². The molecule has 1 aliphatic carbocycles. The standard InChI is InChI=1S/C24H22F4N2O4S/c1-33-20-10-17(23(31)32)18(25)11-19(20)30-35-21-12-34-22(29-21)15-4-2-13(3-5-15)14-6-8-16(9-7-14)24(26,27)28/h2-5,10-12,14,16,30H,6-9H2,1H3,(H,31,32)/t14-,16-. The van der Waals surface area contributed by atoms with E-state index in [1.165, 1.54) is 13.4 Å². The van der Waals surface area contributed by atoms with Gasteiger partial charge in [0.1, 0.15) is 17.8 Å². The average molecular weight is 511 g/mol. The van der Waals surface area contributed by atoms with Crippen LogP contribution in [0.5, 0.6) is 5.75 Å². The van der Waals surface area contributed by atoms with E-state index in [1.54, 1.807) is 0 Å². The molecule has 0 aliphatic heterocycles. The zero-order valence-electron chi connectivity index (χ0n) is 18.6. The number of nitrogens with zero attached hydrogens (tertiary/aromatic N) is 1. The minimum Gasteiger partial charge on any atom is -0.495 e. The largest absolute Gasteiger partial charge is 0.495 e. The molecule has 1 heterocycles. The molecule has 4 rings (SSSR count). The number of hydrogen-bond donors (Lipinski definition) is 2. The second kappa shape index (κ2) is 10.2. The maximum Gasteiger partial charge on any atom is 0.391 e. The van der Waals surface area contributed by atoms with Crippen LogP contribution in [0.25, 0.3) is 11.5 Å². The Morgan fingerprint density at radius 3 is 2.46 bits per heavy atom. The summed E-state index contributed by atoms with van der Waals surface area (Å²) in [6.45, 7) is 0. The Balaban J connectivity index is 1.39. The Labute approximate surface area is 202 Å². The number of carbonyl (C=O) groups is 1. The molecule has 35 heavy (non-hydrogen) atoms. The summed E-state index contributed by atoms with van der Waals surface area (Å²) in [5.41, 5.74) is 1.43. The van der Waals surface area contributed by atoms with Crippen molar-refractivity contribution in [3.63, 3.8) is 0 Å². The number of carboxylic acids is 1. The maximum absolute atomic E-state index is 14.0. The molecule has 0 spiro atoms. The number of carboxylic acid groups (broad SMARTS) is 1. The highest BCUT2D eigenvalue weighted by Crippen LogP contribution is 2.43. The lowest BCUT2D eigenvalue weighted by atomic mass is 9.78. The Bertz CT molecular complexity index is 1190. The predicted octanol–water partition coefficient (Wildman–Crippen LogP) is 7.14. The van der Waals surface area contributed by atoms with E-state index in [4.69, 9.17) is 14.3 Å². The van der Waals surface area contributed by atoms with Crippen molar-refractivity contribution in [3.05, 3.63) is 59.6 Å². The number of anilines is 1.